The minimum Gasteiger partial charge on any atom is -0.353 e. The molecule has 3 heterocycles. The number of halogens is 1. The van der Waals surface area contributed by atoms with Crippen LogP contribution in [0.5, 0.6) is 0 Å². The molecule has 0 N–H and O–H groups in total. The number of hydrogen-bond acceptors (Lipinski definition) is 3. The first kappa shape index (κ1) is 19.2. The fourth-order valence-corrected chi connectivity index (χ4v) is 4.38. The first-order valence-corrected chi connectivity index (χ1v) is 10.4. The molecule has 2 aliphatic rings. The third kappa shape index (κ3) is 3.87. The van der Waals surface area contributed by atoms with E-state index < -0.39 is 0 Å². The van der Waals surface area contributed by atoms with Crippen molar-refractivity contribution < 1.29 is 4.79 Å². The molecule has 2 aliphatic heterocycles. The van der Waals surface area contributed by atoms with E-state index in [1.54, 1.807) is 5.01 Å². The topological polar surface area (TPSA) is 40.8 Å². The minimum atomic E-state index is -0.0949. The number of carbonyl (C=O) groups is 1. The van der Waals surface area contributed by atoms with Gasteiger partial charge < -0.3 is 4.57 Å². The highest BCUT2D eigenvalue weighted by molar-refractivity contribution is 6.34. The molecule has 0 saturated carbocycles. The SMILES string of the molecule is CC1CCN(CC(=O)N2N=C(c3ccccc3Cl)C[C@H]2c2cccn2C)CC1. The predicted octanol–water partition coefficient (Wildman–Crippen LogP) is 4.09. The van der Waals surface area contributed by atoms with E-state index in [9.17, 15) is 4.79 Å². The summed E-state index contributed by atoms with van der Waals surface area (Å²) in [7, 11) is 2.01. The van der Waals surface area contributed by atoms with Gasteiger partial charge in [-0.15, -0.1) is 0 Å². The maximum absolute atomic E-state index is 13.2. The molecule has 148 valence electrons. The Balaban J connectivity index is 1.59. The Kier molecular flexibility index (Phi) is 5.56. The molecule has 0 bridgehead atoms. The van der Waals surface area contributed by atoms with Crippen molar-refractivity contribution in [1.29, 1.82) is 0 Å². The van der Waals surface area contributed by atoms with E-state index in [1.165, 1.54) is 0 Å². The van der Waals surface area contributed by atoms with Crippen molar-refractivity contribution in [3.8, 4) is 0 Å². The highest BCUT2D eigenvalue weighted by Crippen LogP contribution is 2.34. The molecule has 1 aromatic carbocycles. The van der Waals surface area contributed by atoms with E-state index in [4.69, 9.17) is 16.7 Å². The number of aromatic nitrogens is 1. The molecule has 1 fully saturated rings. The fourth-order valence-electron chi connectivity index (χ4n) is 4.13. The van der Waals surface area contributed by atoms with Gasteiger partial charge in [0.2, 0.25) is 0 Å². The third-order valence-corrected chi connectivity index (χ3v) is 6.24. The first-order valence-electron chi connectivity index (χ1n) is 10.0. The van der Waals surface area contributed by atoms with Crippen LogP contribution in [0.4, 0.5) is 0 Å². The van der Waals surface area contributed by atoms with Crippen LogP contribution in [0.15, 0.2) is 47.7 Å². The van der Waals surface area contributed by atoms with Gasteiger partial charge in [0.15, 0.2) is 0 Å². The molecular formula is C22H27ClN4O. The molecule has 4 rings (SSSR count). The van der Waals surface area contributed by atoms with Crippen LogP contribution in [-0.4, -0.2) is 45.7 Å². The zero-order chi connectivity index (χ0) is 19.7. The minimum absolute atomic E-state index is 0.0582. The second-order valence-corrected chi connectivity index (χ2v) is 8.39. The first-order chi connectivity index (χ1) is 13.5. The Morgan fingerprint density at radius 2 is 1.93 bits per heavy atom. The number of hydrazone groups is 1. The monoisotopic (exact) mass is 398 g/mol. The number of benzene rings is 1. The van der Waals surface area contributed by atoms with Crippen molar-refractivity contribution in [2.45, 2.75) is 32.2 Å². The van der Waals surface area contributed by atoms with Gasteiger partial charge in [-0.25, -0.2) is 5.01 Å². The maximum Gasteiger partial charge on any atom is 0.257 e. The maximum atomic E-state index is 13.2. The lowest BCUT2D eigenvalue weighted by Crippen LogP contribution is -2.41. The van der Waals surface area contributed by atoms with E-state index >= 15 is 0 Å². The lowest BCUT2D eigenvalue weighted by molar-refractivity contribution is -0.134. The molecule has 0 unspecified atom stereocenters. The Morgan fingerprint density at radius 3 is 2.61 bits per heavy atom. The van der Waals surface area contributed by atoms with Crippen molar-refractivity contribution in [2.24, 2.45) is 18.1 Å². The Labute approximate surface area is 171 Å². The second-order valence-electron chi connectivity index (χ2n) is 7.99. The molecule has 0 spiro atoms. The highest BCUT2D eigenvalue weighted by atomic mass is 35.5. The summed E-state index contributed by atoms with van der Waals surface area (Å²) in [5.41, 5.74) is 2.87. The Hall–Kier alpha value is -2.11. The molecule has 1 saturated heterocycles. The zero-order valence-corrected chi connectivity index (χ0v) is 17.3. The van der Waals surface area contributed by atoms with Crippen LogP contribution in [0.25, 0.3) is 0 Å². The lowest BCUT2D eigenvalue weighted by atomic mass is 9.99. The van der Waals surface area contributed by atoms with Crippen molar-refractivity contribution in [1.82, 2.24) is 14.5 Å². The normalized spacial score (nSPS) is 21.2. The van der Waals surface area contributed by atoms with Crippen molar-refractivity contribution in [3.63, 3.8) is 0 Å². The van der Waals surface area contributed by atoms with Gasteiger partial charge in [-0.1, -0.05) is 36.7 Å². The summed E-state index contributed by atoms with van der Waals surface area (Å²) in [6.07, 6.45) is 4.99. The number of carbonyl (C=O) groups excluding carboxylic acids is 1. The summed E-state index contributed by atoms with van der Waals surface area (Å²) < 4.78 is 2.07. The molecule has 1 aromatic heterocycles. The van der Waals surface area contributed by atoms with E-state index in [0.717, 1.165) is 48.8 Å². The summed E-state index contributed by atoms with van der Waals surface area (Å²) in [6, 6.07) is 11.7. The molecule has 1 atom stereocenters. The zero-order valence-electron chi connectivity index (χ0n) is 16.5. The standard InChI is InChI=1S/C22H27ClN4O/c1-16-9-12-26(13-10-16)15-22(28)27-21(20-8-5-11-25(20)2)14-19(24-27)17-6-3-4-7-18(17)23/h3-8,11,16,21H,9-10,12-15H2,1-2H3/t21-/m0/s1. The summed E-state index contributed by atoms with van der Waals surface area (Å²) >= 11 is 6.41. The third-order valence-electron chi connectivity index (χ3n) is 5.91. The highest BCUT2D eigenvalue weighted by Gasteiger charge is 2.35. The molecule has 28 heavy (non-hydrogen) atoms. The van der Waals surface area contributed by atoms with Crippen LogP contribution < -0.4 is 0 Å². The fraction of sp³-hybridized carbons (Fsp3) is 0.455. The quantitative estimate of drug-likeness (QED) is 0.778. The molecule has 6 heteroatoms. The number of piperidine rings is 1. The van der Waals surface area contributed by atoms with Gasteiger partial charge in [-0.3, -0.25) is 9.69 Å². The summed E-state index contributed by atoms with van der Waals surface area (Å²) in [5.74, 6) is 0.807. The Bertz CT molecular complexity index is 882. The van der Waals surface area contributed by atoms with E-state index in [0.29, 0.717) is 18.0 Å². The van der Waals surface area contributed by atoms with Crippen LogP contribution in [0.1, 0.15) is 43.5 Å². The predicted molar refractivity (Wildman–Crippen MR) is 112 cm³/mol. The van der Waals surface area contributed by atoms with Crippen molar-refractivity contribution in [3.05, 3.63) is 58.9 Å². The van der Waals surface area contributed by atoms with Gasteiger partial charge in [-0.05, 0) is 50.0 Å². The van der Waals surface area contributed by atoms with Crippen LogP contribution in [0, 0.1) is 5.92 Å². The van der Waals surface area contributed by atoms with Gasteiger partial charge in [0.25, 0.3) is 5.91 Å². The molecule has 2 aromatic rings. The average molecular weight is 399 g/mol. The van der Waals surface area contributed by atoms with E-state index in [-0.39, 0.29) is 11.9 Å². The summed E-state index contributed by atoms with van der Waals surface area (Å²) in [4.78, 5) is 15.5. The average Bonchev–Trinajstić information content (AvgIpc) is 3.30. The molecule has 0 aliphatic carbocycles. The number of likely N-dealkylation sites (tertiary alicyclic amines) is 1. The van der Waals surface area contributed by atoms with E-state index in [1.807, 2.05) is 43.6 Å². The van der Waals surface area contributed by atoms with Crippen LogP contribution in [-0.2, 0) is 11.8 Å². The van der Waals surface area contributed by atoms with Gasteiger partial charge in [-0.2, -0.15) is 5.10 Å². The second kappa shape index (κ2) is 8.10. The van der Waals surface area contributed by atoms with Gasteiger partial charge in [0, 0.05) is 35.9 Å². The molecule has 0 radical (unpaired) electrons. The lowest BCUT2D eigenvalue weighted by Gasteiger charge is -2.31. The summed E-state index contributed by atoms with van der Waals surface area (Å²) in [6.45, 7) is 4.67. The molecule has 1 amide bonds. The Morgan fingerprint density at radius 1 is 1.18 bits per heavy atom. The molecular weight excluding hydrogens is 372 g/mol. The van der Waals surface area contributed by atoms with Gasteiger partial charge in [0.05, 0.1) is 12.3 Å². The number of hydrogen-bond donors (Lipinski definition) is 0. The van der Waals surface area contributed by atoms with Crippen molar-refractivity contribution >= 4 is 23.2 Å². The van der Waals surface area contributed by atoms with Crippen LogP contribution in [0.3, 0.4) is 0 Å². The van der Waals surface area contributed by atoms with Gasteiger partial charge >= 0.3 is 0 Å². The largest absolute Gasteiger partial charge is 0.353 e. The summed E-state index contributed by atoms with van der Waals surface area (Å²) in [5, 5.41) is 7.11. The van der Waals surface area contributed by atoms with E-state index in [2.05, 4.69) is 22.5 Å². The number of rotatable bonds is 4. The number of amides is 1. The number of nitrogens with zero attached hydrogens (tertiary/aromatic N) is 4. The molecule has 5 nitrogen and oxygen atoms in total. The van der Waals surface area contributed by atoms with Crippen LogP contribution >= 0.6 is 11.6 Å². The van der Waals surface area contributed by atoms with Crippen LogP contribution in [0.2, 0.25) is 5.02 Å². The smallest absolute Gasteiger partial charge is 0.257 e. The number of aryl methyl sites for hydroxylation is 1. The van der Waals surface area contributed by atoms with Crippen molar-refractivity contribution in [2.75, 3.05) is 19.6 Å². The van der Waals surface area contributed by atoms with Gasteiger partial charge in [0.1, 0.15) is 6.04 Å².